The minimum atomic E-state index is -0.272. The molecule has 3 aromatic rings. The summed E-state index contributed by atoms with van der Waals surface area (Å²) in [5, 5.41) is 9.57. The highest BCUT2D eigenvalue weighted by Gasteiger charge is 2.12. The molecule has 5 nitrogen and oxygen atoms in total. The molecule has 3 aromatic carbocycles. The van der Waals surface area contributed by atoms with Gasteiger partial charge in [0.2, 0.25) is 5.91 Å². The van der Waals surface area contributed by atoms with E-state index in [2.05, 4.69) is 16.0 Å². The van der Waals surface area contributed by atoms with E-state index in [4.69, 9.17) is 23.2 Å². The van der Waals surface area contributed by atoms with Gasteiger partial charge in [0, 0.05) is 16.3 Å². The third-order valence-corrected chi connectivity index (χ3v) is 4.98. The highest BCUT2D eigenvalue weighted by molar-refractivity contribution is 6.36. The van der Waals surface area contributed by atoms with Gasteiger partial charge in [-0.1, -0.05) is 59.6 Å². The van der Waals surface area contributed by atoms with Gasteiger partial charge in [-0.25, -0.2) is 0 Å². The highest BCUT2D eigenvalue weighted by Crippen LogP contribution is 2.25. The lowest BCUT2D eigenvalue weighted by Crippen LogP contribution is -2.26. The summed E-state index contributed by atoms with van der Waals surface area (Å²) in [6.07, 6.45) is 0. The van der Waals surface area contributed by atoms with E-state index < -0.39 is 0 Å². The number of nitrogens with one attached hydrogen (secondary N) is 3. The van der Waals surface area contributed by atoms with Gasteiger partial charge in [-0.2, -0.15) is 0 Å². The minimum Gasteiger partial charge on any atom is -0.376 e. The first-order valence-corrected chi connectivity index (χ1v) is 10.1. The Labute approximate surface area is 185 Å². The van der Waals surface area contributed by atoms with Crippen LogP contribution >= 0.6 is 23.2 Å². The number of hydrogen-bond acceptors (Lipinski definition) is 3. The minimum absolute atomic E-state index is 0.0183. The van der Waals surface area contributed by atoms with Crippen molar-refractivity contribution in [3.8, 4) is 0 Å². The molecule has 0 aliphatic carbocycles. The highest BCUT2D eigenvalue weighted by atomic mass is 35.5. The van der Waals surface area contributed by atoms with Gasteiger partial charge >= 0.3 is 0 Å². The predicted octanol–water partition coefficient (Wildman–Crippen LogP) is 5.54. The van der Waals surface area contributed by atoms with Gasteiger partial charge in [-0.05, 0) is 48.9 Å². The van der Waals surface area contributed by atoms with Gasteiger partial charge in [-0.15, -0.1) is 0 Å². The molecule has 0 aliphatic heterocycles. The Morgan fingerprint density at radius 1 is 0.933 bits per heavy atom. The van der Waals surface area contributed by atoms with Crippen LogP contribution < -0.4 is 16.0 Å². The Morgan fingerprint density at radius 3 is 2.43 bits per heavy atom. The van der Waals surface area contributed by atoms with Crippen LogP contribution in [-0.4, -0.2) is 18.4 Å². The zero-order valence-corrected chi connectivity index (χ0v) is 17.8. The standard InChI is InChI=1S/C23H21Cl2N3O2/c1-15(16-6-3-2-4-7-16)27-23(30)17-8-5-9-19(12-17)26-14-22(29)28-21-11-10-18(24)13-20(21)25/h2-13,15,26H,14H2,1H3,(H,27,30)(H,28,29). The maximum absolute atomic E-state index is 12.6. The van der Waals surface area contributed by atoms with E-state index in [1.807, 2.05) is 37.3 Å². The number of amides is 2. The molecule has 30 heavy (non-hydrogen) atoms. The van der Waals surface area contributed by atoms with Crippen molar-refractivity contribution in [2.75, 3.05) is 17.2 Å². The molecule has 0 heterocycles. The number of halogens is 2. The van der Waals surface area contributed by atoms with Gasteiger partial charge < -0.3 is 16.0 Å². The summed E-state index contributed by atoms with van der Waals surface area (Å²) in [6.45, 7) is 1.95. The lowest BCUT2D eigenvalue weighted by Gasteiger charge is -2.15. The first-order chi connectivity index (χ1) is 14.4. The molecule has 0 saturated heterocycles. The Hall–Kier alpha value is -3.02. The molecule has 0 spiro atoms. The maximum Gasteiger partial charge on any atom is 0.251 e. The summed E-state index contributed by atoms with van der Waals surface area (Å²) in [5.74, 6) is -0.459. The van der Waals surface area contributed by atoms with Crippen molar-refractivity contribution in [1.82, 2.24) is 5.32 Å². The summed E-state index contributed by atoms with van der Waals surface area (Å²) in [6, 6.07) is 21.5. The summed E-state index contributed by atoms with van der Waals surface area (Å²) in [5.41, 5.74) is 2.67. The number of hydrogen-bond donors (Lipinski definition) is 3. The van der Waals surface area contributed by atoms with Crippen molar-refractivity contribution in [2.45, 2.75) is 13.0 Å². The third-order valence-electron chi connectivity index (χ3n) is 4.43. The lowest BCUT2D eigenvalue weighted by atomic mass is 10.1. The van der Waals surface area contributed by atoms with E-state index in [9.17, 15) is 9.59 Å². The second-order valence-corrected chi connectivity index (χ2v) is 7.56. The number of carbonyl (C=O) groups excluding carboxylic acids is 2. The fourth-order valence-corrected chi connectivity index (χ4v) is 3.30. The van der Waals surface area contributed by atoms with Gasteiger partial charge in [0.1, 0.15) is 0 Å². The zero-order valence-electron chi connectivity index (χ0n) is 16.3. The van der Waals surface area contributed by atoms with E-state index in [-0.39, 0.29) is 24.4 Å². The Kier molecular flexibility index (Phi) is 7.33. The molecule has 0 aromatic heterocycles. The smallest absolute Gasteiger partial charge is 0.251 e. The number of rotatable bonds is 7. The molecule has 3 N–H and O–H groups in total. The maximum atomic E-state index is 12.6. The molecule has 1 unspecified atom stereocenters. The molecule has 3 rings (SSSR count). The molecule has 0 saturated carbocycles. The van der Waals surface area contributed by atoms with Gasteiger partial charge in [0.15, 0.2) is 0 Å². The SMILES string of the molecule is CC(NC(=O)c1cccc(NCC(=O)Nc2ccc(Cl)cc2Cl)c1)c1ccccc1. The first kappa shape index (κ1) is 21.7. The molecule has 0 aliphatic rings. The monoisotopic (exact) mass is 441 g/mol. The largest absolute Gasteiger partial charge is 0.376 e. The Bertz CT molecular complexity index is 1040. The molecule has 154 valence electrons. The number of benzene rings is 3. The molecule has 1 atom stereocenters. The topological polar surface area (TPSA) is 70.2 Å². The van der Waals surface area contributed by atoms with Gasteiger partial charge in [-0.3, -0.25) is 9.59 Å². The average molecular weight is 442 g/mol. The lowest BCUT2D eigenvalue weighted by molar-refractivity contribution is -0.114. The Morgan fingerprint density at radius 2 is 1.70 bits per heavy atom. The predicted molar refractivity (Wildman–Crippen MR) is 122 cm³/mol. The van der Waals surface area contributed by atoms with Gasteiger partial charge in [0.05, 0.1) is 23.3 Å². The van der Waals surface area contributed by atoms with E-state index in [0.717, 1.165) is 5.56 Å². The number of anilines is 2. The fraction of sp³-hybridized carbons (Fsp3) is 0.130. The van der Waals surface area contributed by atoms with E-state index in [1.165, 1.54) is 0 Å². The van der Waals surface area contributed by atoms with Gasteiger partial charge in [0.25, 0.3) is 5.91 Å². The molecule has 0 fully saturated rings. The first-order valence-electron chi connectivity index (χ1n) is 9.37. The molecule has 0 radical (unpaired) electrons. The molecule has 2 amide bonds. The molecule has 7 heteroatoms. The van der Waals surface area contributed by atoms with E-state index in [1.54, 1.807) is 42.5 Å². The Balaban J connectivity index is 1.57. The van der Waals surface area contributed by atoms with Crippen molar-refractivity contribution >= 4 is 46.4 Å². The van der Waals surface area contributed by atoms with Crippen LogP contribution in [0.3, 0.4) is 0 Å². The normalized spacial score (nSPS) is 11.4. The van der Waals surface area contributed by atoms with Crippen LogP contribution in [0.15, 0.2) is 72.8 Å². The van der Waals surface area contributed by atoms with E-state index >= 15 is 0 Å². The molecular weight excluding hydrogens is 421 g/mol. The van der Waals surface area contributed by atoms with Crippen LogP contribution in [0.5, 0.6) is 0 Å². The molecule has 0 bridgehead atoms. The molecular formula is C23H21Cl2N3O2. The van der Waals surface area contributed by atoms with Crippen LogP contribution in [0.25, 0.3) is 0 Å². The summed E-state index contributed by atoms with van der Waals surface area (Å²) >= 11 is 11.9. The third kappa shape index (κ3) is 5.99. The van der Waals surface area contributed by atoms with Crippen molar-refractivity contribution in [3.05, 3.63) is 94.0 Å². The summed E-state index contributed by atoms with van der Waals surface area (Å²) in [7, 11) is 0. The second kappa shape index (κ2) is 10.1. The van der Waals surface area contributed by atoms with Crippen LogP contribution in [0, 0.1) is 0 Å². The quantitative estimate of drug-likeness (QED) is 0.450. The van der Waals surface area contributed by atoms with E-state index in [0.29, 0.717) is 27.0 Å². The van der Waals surface area contributed by atoms with Crippen molar-refractivity contribution in [1.29, 1.82) is 0 Å². The van der Waals surface area contributed by atoms with Crippen LogP contribution in [0.1, 0.15) is 28.9 Å². The van der Waals surface area contributed by atoms with Crippen molar-refractivity contribution in [3.63, 3.8) is 0 Å². The summed E-state index contributed by atoms with van der Waals surface area (Å²) < 4.78 is 0. The number of carbonyl (C=O) groups is 2. The second-order valence-electron chi connectivity index (χ2n) is 6.71. The van der Waals surface area contributed by atoms with Crippen molar-refractivity contribution < 1.29 is 9.59 Å². The van der Waals surface area contributed by atoms with Crippen LogP contribution in [-0.2, 0) is 4.79 Å². The van der Waals surface area contributed by atoms with Crippen molar-refractivity contribution in [2.24, 2.45) is 0 Å². The van der Waals surface area contributed by atoms with Crippen LogP contribution in [0.2, 0.25) is 10.0 Å². The van der Waals surface area contributed by atoms with Crippen LogP contribution in [0.4, 0.5) is 11.4 Å². The summed E-state index contributed by atoms with van der Waals surface area (Å²) in [4.78, 5) is 24.8. The zero-order chi connectivity index (χ0) is 21.5. The fourth-order valence-electron chi connectivity index (χ4n) is 2.84. The average Bonchev–Trinajstić information content (AvgIpc) is 2.75.